The predicted octanol–water partition coefficient (Wildman–Crippen LogP) is 2.45. The normalized spacial score (nSPS) is 9.74. The third kappa shape index (κ3) is 6.40. The summed E-state index contributed by atoms with van der Waals surface area (Å²) in [5, 5.41) is 8.03. The van der Waals surface area contributed by atoms with Gasteiger partial charge in [-0.3, -0.25) is 5.43 Å². The Morgan fingerprint density at radius 3 is 2.89 bits per heavy atom. The topological polar surface area (TPSA) is 76.1 Å². The average molecular weight is 264 g/mol. The number of ether oxygens (including phenoxy) is 1. The van der Waals surface area contributed by atoms with Crippen molar-refractivity contribution >= 4 is 11.9 Å². The number of amides is 1. The van der Waals surface area contributed by atoms with Crippen LogP contribution in [0.15, 0.2) is 24.8 Å². The van der Waals surface area contributed by atoms with E-state index in [0.717, 1.165) is 18.5 Å². The lowest BCUT2D eigenvalue weighted by Crippen LogP contribution is -2.30. The van der Waals surface area contributed by atoms with Crippen LogP contribution in [0.25, 0.3) is 0 Å². The molecule has 0 saturated heterocycles. The Morgan fingerprint density at radius 2 is 2.26 bits per heavy atom. The average Bonchev–Trinajstić information content (AvgIpc) is 2.44. The van der Waals surface area contributed by atoms with E-state index in [1.807, 2.05) is 6.07 Å². The van der Waals surface area contributed by atoms with Gasteiger partial charge < -0.3 is 4.74 Å². The molecule has 0 saturated carbocycles. The van der Waals surface area contributed by atoms with Crippen LogP contribution in [0.2, 0.25) is 0 Å². The molecule has 0 aliphatic rings. The minimum Gasteiger partial charge on any atom is -0.444 e. The number of unbranched alkanes of at least 4 members (excludes halogenated alkanes) is 2. The number of carbonyl (C=O) groups excluding carboxylic acids is 1. The molecule has 6 nitrogen and oxygen atoms in total. The predicted molar refractivity (Wildman–Crippen MR) is 73.6 cm³/mol. The lowest BCUT2D eigenvalue weighted by atomic mass is 10.1. The number of carbonyl (C=O) groups is 1. The third-order valence-corrected chi connectivity index (χ3v) is 2.38. The van der Waals surface area contributed by atoms with E-state index in [2.05, 4.69) is 34.6 Å². The molecule has 2 N–H and O–H groups in total. The maximum Gasteiger partial charge on any atom is 0.426 e. The van der Waals surface area contributed by atoms with Crippen LogP contribution in [0, 0.1) is 0 Å². The molecule has 0 atom stereocenters. The number of hydrogen-bond acceptors (Lipinski definition) is 5. The second-order valence-corrected chi connectivity index (χ2v) is 4.00. The fraction of sp³-hybridized carbons (Fsp3) is 0.462. The minimum atomic E-state index is -0.589. The molecule has 19 heavy (non-hydrogen) atoms. The molecule has 0 spiro atoms. The zero-order valence-electron chi connectivity index (χ0n) is 11.2. The fourth-order valence-corrected chi connectivity index (χ4v) is 1.40. The summed E-state index contributed by atoms with van der Waals surface area (Å²) in [5.41, 5.74) is 5.91. The molecule has 6 heteroatoms. The van der Waals surface area contributed by atoms with Crippen molar-refractivity contribution in [3.8, 4) is 0 Å². The number of aromatic nitrogens is 2. The van der Waals surface area contributed by atoms with E-state index in [1.54, 1.807) is 6.07 Å². The summed E-state index contributed by atoms with van der Waals surface area (Å²) >= 11 is 0. The third-order valence-electron chi connectivity index (χ3n) is 2.38. The van der Waals surface area contributed by atoms with Crippen LogP contribution < -0.4 is 10.9 Å². The molecule has 0 aliphatic heterocycles. The smallest absolute Gasteiger partial charge is 0.426 e. The molecule has 0 unspecified atom stereocenters. The maximum atomic E-state index is 11.1. The van der Waals surface area contributed by atoms with Crippen LogP contribution in [0.5, 0.6) is 0 Å². The van der Waals surface area contributed by atoms with Gasteiger partial charge in [0.05, 0.1) is 5.69 Å². The van der Waals surface area contributed by atoms with Crippen LogP contribution in [-0.2, 0) is 11.2 Å². The van der Waals surface area contributed by atoms with Crippen LogP contribution in [0.1, 0.15) is 31.9 Å². The first-order valence-corrected chi connectivity index (χ1v) is 6.38. The van der Waals surface area contributed by atoms with E-state index < -0.39 is 6.09 Å². The van der Waals surface area contributed by atoms with E-state index in [0.29, 0.717) is 5.82 Å². The van der Waals surface area contributed by atoms with Gasteiger partial charge in [0.25, 0.3) is 0 Å². The SMILES string of the molecule is C=CCOC(=O)NNc1ccc(CCCCC)nn1. The molecular formula is C13H20N4O2. The summed E-state index contributed by atoms with van der Waals surface area (Å²) in [6.07, 6.45) is 5.32. The van der Waals surface area contributed by atoms with E-state index in [9.17, 15) is 4.79 Å². The highest BCUT2D eigenvalue weighted by atomic mass is 16.5. The Balaban J connectivity index is 2.31. The molecule has 0 radical (unpaired) electrons. The van der Waals surface area contributed by atoms with Gasteiger partial charge in [-0.2, -0.15) is 5.10 Å². The zero-order chi connectivity index (χ0) is 13.9. The van der Waals surface area contributed by atoms with Crippen molar-refractivity contribution in [2.45, 2.75) is 32.6 Å². The first kappa shape index (κ1) is 14.9. The van der Waals surface area contributed by atoms with Crippen molar-refractivity contribution in [2.24, 2.45) is 0 Å². The molecule has 0 bridgehead atoms. The molecule has 104 valence electrons. The molecule has 1 amide bonds. The highest BCUT2D eigenvalue weighted by Gasteiger charge is 2.01. The van der Waals surface area contributed by atoms with Crippen molar-refractivity contribution in [1.29, 1.82) is 0 Å². The van der Waals surface area contributed by atoms with Crippen molar-refractivity contribution in [3.05, 3.63) is 30.5 Å². The summed E-state index contributed by atoms with van der Waals surface area (Å²) in [5.74, 6) is 0.467. The number of nitrogens with one attached hydrogen (secondary N) is 2. The van der Waals surface area contributed by atoms with Crippen LogP contribution in [0.3, 0.4) is 0 Å². The maximum absolute atomic E-state index is 11.1. The van der Waals surface area contributed by atoms with Crippen LogP contribution in [0.4, 0.5) is 10.6 Å². The molecule has 1 rings (SSSR count). The van der Waals surface area contributed by atoms with Crippen LogP contribution in [-0.4, -0.2) is 22.9 Å². The number of nitrogens with zero attached hydrogens (tertiary/aromatic N) is 2. The summed E-state index contributed by atoms with van der Waals surface area (Å²) < 4.78 is 4.72. The zero-order valence-corrected chi connectivity index (χ0v) is 11.2. The monoisotopic (exact) mass is 264 g/mol. The number of rotatable bonds is 8. The molecular weight excluding hydrogens is 244 g/mol. The number of anilines is 1. The van der Waals surface area contributed by atoms with Crippen molar-refractivity contribution in [2.75, 3.05) is 12.0 Å². The van der Waals surface area contributed by atoms with Gasteiger partial charge in [0, 0.05) is 0 Å². The summed E-state index contributed by atoms with van der Waals surface area (Å²) in [4.78, 5) is 11.1. The molecule has 1 aromatic heterocycles. The van der Waals surface area contributed by atoms with Gasteiger partial charge in [-0.25, -0.2) is 10.2 Å². The van der Waals surface area contributed by atoms with Crippen molar-refractivity contribution in [1.82, 2.24) is 15.6 Å². The fourth-order valence-electron chi connectivity index (χ4n) is 1.40. The van der Waals surface area contributed by atoms with E-state index in [1.165, 1.54) is 18.9 Å². The van der Waals surface area contributed by atoms with Gasteiger partial charge in [-0.15, -0.1) is 5.10 Å². The quantitative estimate of drug-likeness (QED) is 0.428. The van der Waals surface area contributed by atoms with Gasteiger partial charge in [0.1, 0.15) is 6.61 Å². The van der Waals surface area contributed by atoms with Crippen molar-refractivity contribution in [3.63, 3.8) is 0 Å². The minimum absolute atomic E-state index is 0.162. The van der Waals surface area contributed by atoms with E-state index in [4.69, 9.17) is 4.74 Å². The van der Waals surface area contributed by atoms with Gasteiger partial charge in [-0.1, -0.05) is 32.4 Å². The first-order valence-electron chi connectivity index (χ1n) is 6.38. The second-order valence-electron chi connectivity index (χ2n) is 4.00. The standard InChI is InChI=1S/C13H20N4O2/c1-3-5-6-7-11-8-9-12(15-14-11)16-17-13(18)19-10-4-2/h4,8-9H,2-3,5-7,10H2,1H3,(H,15,16)(H,17,18). The Kier molecular flexibility index (Phi) is 7.01. The Bertz CT molecular complexity index is 392. The Morgan fingerprint density at radius 1 is 1.42 bits per heavy atom. The van der Waals surface area contributed by atoms with Gasteiger partial charge in [0.2, 0.25) is 0 Å². The summed E-state index contributed by atoms with van der Waals surface area (Å²) in [6.45, 7) is 5.77. The van der Waals surface area contributed by atoms with Crippen molar-refractivity contribution < 1.29 is 9.53 Å². The van der Waals surface area contributed by atoms with Crippen LogP contribution >= 0.6 is 0 Å². The Hall–Kier alpha value is -2.11. The van der Waals surface area contributed by atoms with Gasteiger partial charge in [-0.05, 0) is 25.0 Å². The van der Waals surface area contributed by atoms with E-state index in [-0.39, 0.29) is 6.61 Å². The number of hydrogen-bond donors (Lipinski definition) is 2. The Labute approximate surface area is 113 Å². The molecule has 0 fully saturated rings. The highest BCUT2D eigenvalue weighted by Crippen LogP contribution is 2.05. The largest absolute Gasteiger partial charge is 0.444 e. The molecule has 1 aromatic rings. The number of aryl methyl sites for hydroxylation is 1. The summed E-state index contributed by atoms with van der Waals surface area (Å²) in [7, 11) is 0. The first-order chi connectivity index (χ1) is 9.26. The lowest BCUT2D eigenvalue weighted by Gasteiger charge is -2.07. The van der Waals surface area contributed by atoms with Gasteiger partial charge in [0.15, 0.2) is 5.82 Å². The summed E-state index contributed by atoms with van der Waals surface area (Å²) in [6, 6.07) is 3.66. The molecule has 1 heterocycles. The highest BCUT2D eigenvalue weighted by molar-refractivity contribution is 5.68. The molecule has 0 aromatic carbocycles. The number of hydrazine groups is 1. The molecule has 0 aliphatic carbocycles. The lowest BCUT2D eigenvalue weighted by molar-refractivity contribution is 0.160. The second kappa shape index (κ2) is 8.91. The van der Waals surface area contributed by atoms with E-state index >= 15 is 0 Å². The van der Waals surface area contributed by atoms with Gasteiger partial charge >= 0.3 is 6.09 Å².